The molecule has 0 saturated carbocycles. The molecule has 10 nitrogen and oxygen atoms in total. The summed E-state index contributed by atoms with van der Waals surface area (Å²) in [6.07, 6.45) is -0.590. The summed E-state index contributed by atoms with van der Waals surface area (Å²) in [7, 11) is -2.19. The number of ether oxygens (including phenoxy) is 1. The Labute approximate surface area is 270 Å². The summed E-state index contributed by atoms with van der Waals surface area (Å²) in [4.78, 5) is 30.2. The molecule has 46 heavy (non-hydrogen) atoms. The van der Waals surface area contributed by atoms with Gasteiger partial charge < -0.3 is 25.0 Å². The molecule has 0 unspecified atom stereocenters. The molecule has 0 spiro atoms. The number of hydrogen-bond acceptors (Lipinski definition) is 6. The van der Waals surface area contributed by atoms with E-state index in [1.54, 1.807) is 54.1 Å². The summed E-state index contributed by atoms with van der Waals surface area (Å²) >= 11 is 0. The van der Waals surface area contributed by atoms with Crippen LogP contribution in [0.4, 0.5) is 16.2 Å². The zero-order valence-corrected chi connectivity index (χ0v) is 27.3. The minimum atomic E-state index is -3.88. The normalized spacial score (nSPS) is 17.6. The fraction of sp³-hybridized carbons (Fsp3) is 0.314. The van der Waals surface area contributed by atoms with Crippen molar-refractivity contribution in [2.24, 2.45) is 5.92 Å². The fourth-order valence-electron chi connectivity index (χ4n) is 5.54. The van der Waals surface area contributed by atoms with Gasteiger partial charge in [0.15, 0.2) is 0 Å². The highest BCUT2D eigenvalue weighted by Gasteiger charge is 2.32. The number of carbonyl (C=O) groups excluding carboxylic acids is 2. The van der Waals surface area contributed by atoms with Crippen LogP contribution in [0.3, 0.4) is 0 Å². The molecule has 4 aromatic carbocycles. The van der Waals surface area contributed by atoms with E-state index in [1.807, 2.05) is 56.3 Å². The molecule has 0 aromatic heterocycles. The lowest BCUT2D eigenvalue weighted by molar-refractivity contribution is -0.134. The van der Waals surface area contributed by atoms with E-state index in [4.69, 9.17) is 4.74 Å². The molecule has 11 heteroatoms. The van der Waals surface area contributed by atoms with E-state index in [-0.39, 0.29) is 48.0 Å². The van der Waals surface area contributed by atoms with Gasteiger partial charge in [0.05, 0.1) is 36.2 Å². The minimum absolute atomic E-state index is 0.0589. The summed E-state index contributed by atoms with van der Waals surface area (Å²) < 4.78 is 35.3. The largest absolute Gasteiger partial charge is 0.488 e. The van der Waals surface area contributed by atoms with Crippen LogP contribution >= 0.6 is 0 Å². The van der Waals surface area contributed by atoms with E-state index in [9.17, 15) is 23.1 Å². The molecule has 0 radical (unpaired) electrons. The topological polar surface area (TPSA) is 128 Å². The van der Waals surface area contributed by atoms with Crippen LogP contribution in [0.25, 0.3) is 10.8 Å². The Morgan fingerprint density at radius 2 is 1.78 bits per heavy atom. The number of fused-ring (bicyclic) bond motifs is 2. The van der Waals surface area contributed by atoms with Gasteiger partial charge in [-0.15, -0.1) is 0 Å². The van der Waals surface area contributed by atoms with E-state index < -0.39 is 22.2 Å². The number of amides is 3. The summed E-state index contributed by atoms with van der Waals surface area (Å²) in [5.41, 5.74) is 2.41. The number of urea groups is 1. The molecule has 1 aliphatic rings. The van der Waals surface area contributed by atoms with Crippen LogP contribution < -0.4 is 14.8 Å². The molecule has 3 atom stereocenters. The first kappa shape index (κ1) is 32.8. The van der Waals surface area contributed by atoms with Crippen molar-refractivity contribution in [1.29, 1.82) is 0 Å². The summed E-state index contributed by atoms with van der Waals surface area (Å²) in [5.74, 6) is -0.0271. The maximum Gasteiger partial charge on any atom is 0.321 e. The Hall–Kier alpha value is -4.61. The fourth-order valence-corrected chi connectivity index (χ4v) is 6.59. The molecule has 4 aromatic rings. The lowest BCUT2D eigenvalue weighted by Gasteiger charge is -2.34. The number of nitrogens with one attached hydrogen (secondary N) is 2. The monoisotopic (exact) mass is 644 g/mol. The molecule has 242 valence electrons. The molecule has 5 rings (SSSR count). The first-order valence-corrected chi connectivity index (χ1v) is 16.7. The molecular formula is C35H40N4O6S. The van der Waals surface area contributed by atoms with Gasteiger partial charge in [0.2, 0.25) is 5.91 Å². The number of aryl methyl sites for hydroxylation is 1. The van der Waals surface area contributed by atoms with Crippen LogP contribution in [0.5, 0.6) is 5.75 Å². The van der Waals surface area contributed by atoms with Crippen LogP contribution in [0.1, 0.15) is 25.0 Å². The number of likely N-dealkylation sites (N-methyl/N-ethyl adjacent to an activating group) is 1. The molecule has 3 amide bonds. The Bertz CT molecular complexity index is 1820. The van der Waals surface area contributed by atoms with Crippen molar-refractivity contribution in [2.45, 2.75) is 44.2 Å². The van der Waals surface area contributed by atoms with Crippen LogP contribution in [0.2, 0.25) is 0 Å². The standard InChI is InChI=1S/C35H40N4O6S/c1-23-12-15-29(16-13-23)46(43,44)37-28-14-17-32-27(18-28)19-34(41)39(25(3)22-40)20-24(2)33(45-32)21-38(4)35(42)36-31-11-7-9-26-8-5-6-10-30(26)31/h5-18,24-25,33,37,40H,19-22H2,1-4H3,(H,36,42)/t24-,25+,33+/m0/s1. The second-order valence-corrected chi connectivity index (χ2v) is 13.6. The van der Waals surface area contributed by atoms with Crippen molar-refractivity contribution in [1.82, 2.24) is 9.80 Å². The highest BCUT2D eigenvalue weighted by Crippen LogP contribution is 2.30. The van der Waals surface area contributed by atoms with Crippen molar-refractivity contribution >= 4 is 44.1 Å². The number of anilines is 2. The molecule has 0 aliphatic carbocycles. The van der Waals surface area contributed by atoms with Crippen LogP contribution in [-0.2, 0) is 21.2 Å². The number of nitrogens with zero attached hydrogens (tertiary/aromatic N) is 2. The Kier molecular flexibility index (Phi) is 9.83. The smallest absolute Gasteiger partial charge is 0.321 e. The van der Waals surface area contributed by atoms with Gasteiger partial charge >= 0.3 is 6.03 Å². The maximum absolute atomic E-state index is 13.6. The predicted molar refractivity (Wildman–Crippen MR) is 180 cm³/mol. The molecule has 0 bridgehead atoms. The summed E-state index contributed by atoms with van der Waals surface area (Å²) in [5, 5.41) is 14.9. The third kappa shape index (κ3) is 7.43. The van der Waals surface area contributed by atoms with E-state index in [0.29, 0.717) is 23.5 Å². The highest BCUT2D eigenvalue weighted by molar-refractivity contribution is 7.92. The van der Waals surface area contributed by atoms with Gasteiger partial charge in [0.1, 0.15) is 11.9 Å². The Balaban J connectivity index is 1.41. The van der Waals surface area contributed by atoms with Crippen LogP contribution in [0, 0.1) is 12.8 Å². The zero-order chi connectivity index (χ0) is 33.0. The second kappa shape index (κ2) is 13.8. The van der Waals surface area contributed by atoms with Crippen molar-refractivity contribution < 1.29 is 27.9 Å². The molecular weight excluding hydrogens is 604 g/mol. The maximum atomic E-state index is 13.6. The first-order valence-electron chi connectivity index (χ1n) is 15.2. The number of aliphatic hydroxyl groups is 1. The molecule has 0 fully saturated rings. The average Bonchev–Trinajstić information content (AvgIpc) is 3.08. The van der Waals surface area contributed by atoms with E-state index in [0.717, 1.165) is 16.3 Å². The number of benzene rings is 4. The van der Waals surface area contributed by atoms with Gasteiger partial charge in [-0.1, -0.05) is 61.0 Å². The highest BCUT2D eigenvalue weighted by atomic mass is 32.2. The first-order chi connectivity index (χ1) is 21.9. The zero-order valence-electron chi connectivity index (χ0n) is 26.4. The number of carbonyl (C=O) groups is 2. The number of sulfonamides is 1. The van der Waals surface area contributed by atoms with Crippen molar-refractivity contribution in [3.8, 4) is 5.75 Å². The van der Waals surface area contributed by atoms with Crippen molar-refractivity contribution in [2.75, 3.05) is 36.8 Å². The molecule has 1 aliphatic heterocycles. The van der Waals surface area contributed by atoms with Gasteiger partial charge in [-0.25, -0.2) is 13.2 Å². The third-order valence-electron chi connectivity index (χ3n) is 8.33. The molecule has 3 N–H and O–H groups in total. The number of aliphatic hydroxyl groups excluding tert-OH is 1. The van der Waals surface area contributed by atoms with Gasteiger partial charge in [-0.05, 0) is 55.6 Å². The van der Waals surface area contributed by atoms with Gasteiger partial charge in [-0.3, -0.25) is 9.52 Å². The number of hydrogen-bond donors (Lipinski definition) is 3. The number of rotatable bonds is 8. The molecule has 0 saturated heterocycles. The second-order valence-electron chi connectivity index (χ2n) is 12.0. The van der Waals surface area contributed by atoms with E-state index in [2.05, 4.69) is 10.0 Å². The van der Waals surface area contributed by atoms with Crippen LogP contribution in [0.15, 0.2) is 89.8 Å². The minimum Gasteiger partial charge on any atom is -0.488 e. The van der Waals surface area contributed by atoms with Gasteiger partial charge in [-0.2, -0.15) is 0 Å². The van der Waals surface area contributed by atoms with Gasteiger partial charge in [0, 0.05) is 36.1 Å². The Morgan fingerprint density at radius 3 is 2.52 bits per heavy atom. The van der Waals surface area contributed by atoms with Crippen molar-refractivity contribution in [3.05, 3.63) is 96.1 Å². The predicted octanol–water partition coefficient (Wildman–Crippen LogP) is 5.26. The van der Waals surface area contributed by atoms with Crippen molar-refractivity contribution in [3.63, 3.8) is 0 Å². The van der Waals surface area contributed by atoms with Crippen LogP contribution in [-0.4, -0.2) is 74.2 Å². The van der Waals surface area contributed by atoms with Gasteiger partial charge in [0.25, 0.3) is 10.0 Å². The third-order valence-corrected chi connectivity index (χ3v) is 9.73. The van der Waals surface area contributed by atoms with E-state index in [1.165, 1.54) is 12.1 Å². The van der Waals surface area contributed by atoms with E-state index >= 15 is 0 Å². The summed E-state index contributed by atoms with van der Waals surface area (Å²) in [6, 6.07) is 24.1. The SMILES string of the molecule is Cc1ccc(S(=O)(=O)Nc2ccc3c(c2)CC(=O)N([C@H](C)CO)C[C@H](C)[C@@H](CN(C)C(=O)Nc2cccc4ccccc24)O3)cc1. The Morgan fingerprint density at radius 1 is 1.07 bits per heavy atom. The average molecular weight is 645 g/mol. The molecule has 1 heterocycles. The quantitative estimate of drug-likeness (QED) is 0.240. The lowest BCUT2D eigenvalue weighted by Crippen LogP contribution is -2.48. The lowest BCUT2D eigenvalue weighted by atomic mass is 10.0. The summed E-state index contributed by atoms with van der Waals surface area (Å²) in [6.45, 7) is 5.87.